The molecule has 2 N–H and O–H groups in total. The molecule has 0 spiro atoms. The summed E-state index contributed by atoms with van der Waals surface area (Å²) in [4.78, 5) is 35.2. The first kappa shape index (κ1) is 21.5. The van der Waals surface area contributed by atoms with Crippen molar-refractivity contribution in [3.05, 3.63) is 35.9 Å². The van der Waals surface area contributed by atoms with Crippen LogP contribution in [0.15, 0.2) is 30.3 Å². The van der Waals surface area contributed by atoms with E-state index in [1.807, 2.05) is 18.2 Å². The Kier molecular flexibility index (Phi) is 7.61. The van der Waals surface area contributed by atoms with E-state index in [0.717, 1.165) is 5.56 Å². The number of aliphatic carboxylic acids is 1. The third kappa shape index (κ3) is 8.00. The molecule has 7 nitrogen and oxygen atoms in total. The Hall–Kier alpha value is -2.57. The molecule has 0 aliphatic carbocycles. The number of hydrogen-bond acceptors (Lipinski definition) is 5. The van der Waals surface area contributed by atoms with Crippen molar-refractivity contribution in [2.45, 2.75) is 64.7 Å². The SMILES string of the molecule is CC(C)(C)OC(=O)CCC[C@](C)(NC(=O)OCc1ccccc1)C(=O)O. The van der Waals surface area contributed by atoms with Crippen LogP contribution in [0.4, 0.5) is 4.79 Å². The van der Waals surface area contributed by atoms with Gasteiger partial charge in [-0.05, 0) is 46.1 Å². The van der Waals surface area contributed by atoms with Gasteiger partial charge in [-0.25, -0.2) is 9.59 Å². The predicted octanol–water partition coefficient (Wildman–Crippen LogP) is 3.27. The summed E-state index contributed by atoms with van der Waals surface area (Å²) in [7, 11) is 0. The largest absolute Gasteiger partial charge is 0.480 e. The lowest BCUT2D eigenvalue weighted by Gasteiger charge is -2.26. The Bertz CT molecular complexity index is 623. The number of carbonyl (C=O) groups excluding carboxylic acids is 2. The molecule has 0 saturated carbocycles. The van der Waals surface area contributed by atoms with Crippen LogP contribution in [0.3, 0.4) is 0 Å². The van der Waals surface area contributed by atoms with E-state index >= 15 is 0 Å². The van der Waals surface area contributed by atoms with Gasteiger partial charge in [-0.15, -0.1) is 0 Å². The molecule has 1 aromatic rings. The minimum Gasteiger partial charge on any atom is -0.480 e. The van der Waals surface area contributed by atoms with Gasteiger partial charge < -0.3 is 19.9 Å². The van der Waals surface area contributed by atoms with Crippen LogP contribution >= 0.6 is 0 Å². The Labute approximate surface area is 153 Å². The molecule has 1 atom stereocenters. The minimum absolute atomic E-state index is 0.0419. The molecular formula is C19H27NO6. The lowest BCUT2D eigenvalue weighted by atomic mass is 9.95. The van der Waals surface area contributed by atoms with Crippen LogP contribution in [-0.4, -0.2) is 34.3 Å². The highest BCUT2D eigenvalue weighted by Crippen LogP contribution is 2.17. The van der Waals surface area contributed by atoms with Gasteiger partial charge in [0.2, 0.25) is 0 Å². The van der Waals surface area contributed by atoms with Gasteiger partial charge >= 0.3 is 18.0 Å². The summed E-state index contributed by atoms with van der Waals surface area (Å²) in [5.41, 5.74) is -1.33. The van der Waals surface area contributed by atoms with E-state index in [9.17, 15) is 19.5 Å². The highest BCUT2D eigenvalue weighted by Gasteiger charge is 2.35. The molecule has 0 heterocycles. The summed E-state index contributed by atoms with van der Waals surface area (Å²) >= 11 is 0. The van der Waals surface area contributed by atoms with Gasteiger partial charge in [0.15, 0.2) is 0 Å². The average molecular weight is 365 g/mol. The van der Waals surface area contributed by atoms with Crippen molar-refractivity contribution in [1.82, 2.24) is 5.32 Å². The Morgan fingerprint density at radius 1 is 1.08 bits per heavy atom. The van der Waals surface area contributed by atoms with E-state index in [1.54, 1.807) is 32.9 Å². The van der Waals surface area contributed by atoms with E-state index in [2.05, 4.69) is 5.32 Å². The number of alkyl carbamates (subject to hydrolysis) is 1. The van der Waals surface area contributed by atoms with Gasteiger partial charge in [-0.3, -0.25) is 4.79 Å². The molecule has 0 fully saturated rings. The fourth-order valence-electron chi connectivity index (χ4n) is 2.19. The van der Waals surface area contributed by atoms with Crippen LogP contribution in [-0.2, 0) is 25.7 Å². The molecule has 0 aromatic heterocycles. The van der Waals surface area contributed by atoms with Crippen molar-refractivity contribution in [2.24, 2.45) is 0 Å². The molecule has 0 aliphatic rings. The van der Waals surface area contributed by atoms with Crippen molar-refractivity contribution < 1.29 is 29.0 Å². The molecule has 0 radical (unpaired) electrons. The van der Waals surface area contributed by atoms with Crippen molar-refractivity contribution in [1.29, 1.82) is 0 Å². The van der Waals surface area contributed by atoms with E-state index in [4.69, 9.17) is 9.47 Å². The number of nitrogens with one attached hydrogen (secondary N) is 1. The highest BCUT2D eigenvalue weighted by molar-refractivity contribution is 5.84. The maximum Gasteiger partial charge on any atom is 0.408 e. The van der Waals surface area contributed by atoms with Gasteiger partial charge in [0.25, 0.3) is 0 Å². The molecule has 0 saturated heterocycles. The first-order valence-electron chi connectivity index (χ1n) is 8.46. The minimum atomic E-state index is -1.53. The average Bonchev–Trinajstić information content (AvgIpc) is 2.52. The fraction of sp³-hybridized carbons (Fsp3) is 0.526. The standard InChI is InChI=1S/C19H27NO6/c1-18(2,3)26-15(21)11-8-12-19(4,16(22)23)20-17(24)25-13-14-9-6-5-7-10-14/h5-7,9-10H,8,11-13H2,1-4H3,(H,20,24)(H,22,23)/t19-/m0/s1. The van der Waals surface area contributed by atoms with Crippen LogP contribution in [0, 0.1) is 0 Å². The lowest BCUT2D eigenvalue weighted by Crippen LogP contribution is -2.52. The van der Waals surface area contributed by atoms with E-state index in [-0.39, 0.29) is 25.9 Å². The predicted molar refractivity (Wildman–Crippen MR) is 95.5 cm³/mol. The molecule has 1 rings (SSSR count). The molecule has 26 heavy (non-hydrogen) atoms. The number of hydrogen-bond donors (Lipinski definition) is 2. The van der Waals surface area contributed by atoms with Crippen molar-refractivity contribution in [3.63, 3.8) is 0 Å². The van der Waals surface area contributed by atoms with Gasteiger partial charge in [0.05, 0.1) is 0 Å². The van der Waals surface area contributed by atoms with Crippen LogP contribution < -0.4 is 5.32 Å². The molecule has 1 amide bonds. The van der Waals surface area contributed by atoms with Crippen molar-refractivity contribution >= 4 is 18.0 Å². The highest BCUT2D eigenvalue weighted by atomic mass is 16.6. The second-order valence-corrected chi connectivity index (χ2v) is 7.26. The summed E-state index contributed by atoms with van der Waals surface area (Å²) in [5.74, 6) is -1.60. The molecule has 0 unspecified atom stereocenters. The Balaban J connectivity index is 2.50. The van der Waals surface area contributed by atoms with E-state index in [0.29, 0.717) is 0 Å². The lowest BCUT2D eigenvalue weighted by molar-refractivity contribution is -0.155. The number of rotatable bonds is 8. The summed E-state index contributed by atoms with van der Waals surface area (Å²) in [5, 5.41) is 11.8. The van der Waals surface area contributed by atoms with Gasteiger partial charge in [0.1, 0.15) is 17.7 Å². The zero-order valence-electron chi connectivity index (χ0n) is 15.7. The maximum atomic E-state index is 11.9. The third-order valence-electron chi connectivity index (χ3n) is 3.54. The number of carbonyl (C=O) groups is 3. The van der Waals surface area contributed by atoms with Crippen LogP contribution in [0.5, 0.6) is 0 Å². The molecule has 7 heteroatoms. The zero-order chi connectivity index (χ0) is 19.8. The summed E-state index contributed by atoms with van der Waals surface area (Å²) in [6, 6.07) is 9.06. The molecule has 0 bridgehead atoms. The maximum absolute atomic E-state index is 11.9. The topological polar surface area (TPSA) is 102 Å². The molecule has 1 aromatic carbocycles. The molecular weight excluding hydrogens is 338 g/mol. The number of amides is 1. The van der Waals surface area contributed by atoms with Crippen molar-refractivity contribution in [2.75, 3.05) is 0 Å². The number of esters is 1. The van der Waals surface area contributed by atoms with Crippen molar-refractivity contribution in [3.8, 4) is 0 Å². The van der Waals surface area contributed by atoms with Crippen LogP contribution in [0.25, 0.3) is 0 Å². The summed E-state index contributed by atoms with van der Waals surface area (Å²) in [6.07, 6.45) is -0.421. The Morgan fingerprint density at radius 2 is 1.69 bits per heavy atom. The Morgan fingerprint density at radius 3 is 2.23 bits per heavy atom. The van der Waals surface area contributed by atoms with Gasteiger partial charge in [0, 0.05) is 6.42 Å². The fourth-order valence-corrected chi connectivity index (χ4v) is 2.19. The number of carboxylic acid groups (broad SMARTS) is 1. The van der Waals surface area contributed by atoms with Crippen LogP contribution in [0.1, 0.15) is 52.5 Å². The first-order chi connectivity index (χ1) is 12.0. The second kappa shape index (κ2) is 9.22. The number of benzene rings is 1. The summed E-state index contributed by atoms with van der Waals surface area (Å²) in [6.45, 7) is 6.71. The normalized spacial score (nSPS) is 13.4. The van der Waals surface area contributed by atoms with E-state index < -0.39 is 29.2 Å². The smallest absolute Gasteiger partial charge is 0.408 e. The van der Waals surface area contributed by atoms with Gasteiger partial charge in [-0.1, -0.05) is 30.3 Å². The number of ether oxygens (including phenoxy) is 2. The molecule has 0 aliphatic heterocycles. The summed E-state index contributed by atoms with van der Waals surface area (Å²) < 4.78 is 10.2. The van der Waals surface area contributed by atoms with Crippen LogP contribution in [0.2, 0.25) is 0 Å². The number of carboxylic acids is 1. The van der Waals surface area contributed by atoms with E-state index in [1.165, 1.54) is 6.92 Å². The second-order valence-electron chi connectivity index (χ2n) is 7.26. The quantitative estimate of drug-likeness (QED) is 0.686. The zero-order valence-corrected chi connectivity index (χ0v) is 15.7. The third-order valence-corrected chi connectivity index (χ3v) is 3.54. The first-order valence-corrected chi connectivity index (χ1v) is 8.46. The molecule has 144 valence electrons. The monoisotopic (exact) mass is 365 g/mol. The van der Waals surface area contributed by atoms with Gasteiger partial charge in [-0.2, -0.15) is 0 Å².